The summed E-state index contributed by atoms with van der Waals surface area (Å²) in [5.41, 5.74) is 1.27. The van der Waals surface area contributed by atoms with Crippen molar-refractivity contribution < 1.29 is 14.7 Å². The molecule has 1 amide bonds. The molecule has 2 aromatic carbocycles. The minimum atomic E-state index is -0.967. The molecule has 5 heteroatoms. The Morgan fingerprint density at radius 3 is 2.52 bits per heavy atom. The number of carboxylic acids is 1. The second-order valence-corrected chi connectivity index (χ2v) is 5.43. The topological polar surface area (TPSA) is 66.4 Å². The molecule has 0 unspecified atom stereocenters. The molecule has 0 bridgehead atoms. The Morgan fingerprint density at radius 2 is 1.81 bits per heavy atom. The number of benzene rings is 2. The van der Waals surface area contributed by atoms with Crippen LogP contribution in [-0.2, 0) is 11.3 Å². The van der Waals surface area contributed by atoms with E-state index in [0.29, 0.717) is 6.54 Å². The normalized spacial score (nSPS) is 10.1. The van der Waals surface area contributed by atoms with Crippen LogP contribution < -0.4 is 5.32 Å². The van der Waals surface area contributed by atoms with Gasteiger partial charge in [0.1, 0.15) is 0 Å². The van der Waals surface area contributed by atoms with E-state index in [9.17, 15) is 9.59 Å². The van der Waals surface area contributed by atoms with Crippen molar-refractivity contribution in [2.45, 2.75) is 11.4 Å². The fraction of sp³-hybridized carbons (Fsp3) is 0.125. The van der Waals surface area contributed by atoms with Gasteiger partial charge < -0.3 is 10.4 Å². The molecule has 0 aliphatic carbocycles. The van der Waals surface area contributed by atoms with E-state index in [4.69, 9.17) is 5.11 Å². The van der Waals surface area contributed by atoms with E-state index in [0.717, 1.165) is 10.5 Å². The highest BCUT2D eigenvalue weighted by molar-refractivity contribution is 8.00. The number of amides is 1. The number of rotatable bonds is 6. The van der Waals surface area contributed by atoms with Crippen LogP contribution in [0.5, 0.6) is 0 Å². The summed E-state index contributed by atoms with van der Waals surface area (Å²) in [5.74, 6) is -0.786. The average molecular weight is 301 g/mol. The number of hydrogen-bond donors (Lipinski definition) is 2. The second kappa shape index (κ2) is 7.50. The van der Waals surface area contributed by atoms with E-state index >= 15 is 0 Å². The summed E-state index contributed by atoms with van der Waals surface area (Å²) >= 11 is 1.32. The van der Waals surface area contributed by atoms with E-state index in [-0.39, 0.29) is 17.2 Å². The number of hydrogen-bond acceptors (Lipinski definition) is 3. The molecule has 108 valence electrons. The fourth-order valence-electron chi connectivity index (χ4n) is 1.72. The van der Waals surface area contributed by atoms with Crippen LogP contribution in [-0.4, -0.2) is 22.7 Å². The van der Waals surface area contributed by atoms with Crippen molar-refractivity contribution in [1.82, 2.24) is 5.32 Å². The molecule has 0 aliphatic heterocycles. The van der Waals surface area contributed by atoms with E-state index in [2.05, 4.69) is 5.32 Å². The lowest BCUT2D eigenvalue weighted by Gasteiger charge is -2.05. The second-order valence-electron chi connectivity index (χ2n) is 4.38. The van der Waals surface area contributed by atoms with Gasteiger partial charge in [-0.25, -0.2) is 4.79 Å². The quantitative estimate of drug-likeness (QED) is 0.805. The van der Waals surface area contributed by atoms with Gasteiger partial charge in [0.2, 0.25) is 5.91 Å². The van der Waals surface area contributed by atoms with Crippen LogP contribution in [0, 0.1) is 0 Å². The average Bonchev–Trinajstić information content (AvgIpc) is 2.52. The highest BCUT2D eigenvalue weighted by Gasteiger charge is 2.06. The number of carbonyl (C=O) groups is 2. The summed E-state index contributed by atoms with van der Waals surface area (Å²) in [7, 11) is 0. The van der Waals surface area contributed by atoms with Crippen LogP contribution in [0.3, 0.4) is 0 Å². The van der Waals surface area contributed by atoms with E-state index in [1.807, 2.05) is 30.3 Å². The number of carboxylic acid groups (broad SMARTS) is 1. The van der Waals surface area contributed by atoms with Crippen molar-refractivity contribution in [2.24, 2.45) is 0 Å². The monoisotopic (exact) mass is 301 g/mol. The largest absolute Gasteiger partial charge is 0.478 e. The number of thioether (sulfide) groups is 1. The van der Waals surface area contributed by atoms with Crippen molar-refractivity contribution in [3.63, 3.8) is 0 Å². The summed E-state index contributed by atoms with van der Waals surface area (Å²) in [6.07, 6.45) is 0. The summed E-state index contributed by atoms with van der Waals surface area (Å²) in [5, 5.41) is 11.7. The Balaban J connectivity index is 1.81. The van der Waals surface area contributed by atoms with Crippen molar-refractivity contribution in [3.05, 3.63) is 65.7 Å². The molecule has 0 aliphatic rings. The fourth-order valence-corrected chi connectivity index (χ4v) is 2.50. The number of carbonyl (C=O) groups excluding carboxylic acids is 1. The molecular weight excluding hydrogens is 286 g/mol. The third-order valence-corrected chi connectivity index (χ3v) is 3.78. The third-order valence-electron chi connectivity index (χ3n) is 2.78. The van der Waals surface area contributed by atoms with Gasteiger partial charge in [0.15, 0.2) is 0 Å². The van der Waals surface area contributed by atoms with E-state index in [1.165, 1.54) is 17.8 Å². The zero-order chi connectivity index (χ0) is 15.1. The molecular formula is C16H15NO3S. The molecule has 0 saturated heterocycles. The first-order valence-electron chi connectivity index (χ1n) is 6.42. The molecule has 0 atom stereocenters. The first kappa shape index (κ1) is 15.1. The van der Waals surface area contributed by atoms with Crippen LogP contribution >= 0.6 is 11.8 Å². The first-order chi connectivity index (χ1) is 10.1. The number of nitrogens with one attached hydrogen (secondary N) is 1. The van der Waals surface area contributed by atoms with Crippen LogP contribution in [0.1, 0.15) is 15.9 Å². The third kappa shape index (κ3) is 4.96. The Kier molecular flexibility index (Phi) is 5.40. The number of aromatic carboxylic acids is 1. The minimum Gasteiger partial charge on any atom is -0.478 e. The Labute approximate surface area is 127 Å². The SMILES string of the molecule is O=C(CSc1cccc(C(=O)O)c1)NCc1ccccc1. The van der Waals surface area contributed by atoms with Crippen LogP contribution in [0.2, 0.25) is 0 Å². The molecule has 0 spiro atoms. The highest BCUT2D eigenvalue weighted by atomic mass is 32.2. The molecule has 21 heavy (non-hydrogen) atoms. The van der Waals surface area contributed by atoms with E-state index < -0.39 is 5.97 Å². The molecule has 4 nitrogen and oxygen atoms in total. The smallest absolute Gasteiger partial charge is 0.335 e. The highest BCUT2D eigenvalue weighted by Crippen LogP contribution is 2.19. The van der Waals surface area contributed by atoms with Crippen LogP contribution in [0.4, 0.5) is 0 Å². The van der Waals surface area contributed by atoms with Gasteiger partial charge in [0.25, 0.3) is 0 Å². The van der Waals surface area contributed by atoms with Crippen molar-refractivity contribution in [2.75, 3.05) is 5.75 Å². The molecule has 0 radical (unpaired) electrons. The predicted octanol–water partition coefficient (Wildman–Crippen LogP) is 2.79. The Hall–Kier alpha value is -2.27. The first-order valence-corrected chi connectivity index (χ1v) is 7.40. The summed E-state index contributed by atoms with van der Waals surface area (Å²) in [6, 6.07) is 16.2. The maximum Gasteiger partial charge on any atom is 0.335 e. The molecule has 0 saturated carbocycles. The van der Waals surface area contributed by atoms with Gasteiger partial charge in [-0.05, 0) is 23.8 Å². The van der Waals surface area contributed by atoms with Crippen molar-refractivity contribution in [3.8, 4) is 0 Å². The van der Waals surface area contributed by atoms with Gasteiger partial charge in [0, 0.05) is 11.4 Å². The standard InChI is InChI=1S/C16H15NO3S/c18-15(17-10-12-5-2-1-3-6-12)11-21-14-8-4-7-13(9-14)16(19)20/h1-9H,10-11H2,(H,17,18)(H,19,20). The van der Waals surface area contributed by atoms with Crippen LogP contribution in [0.15, 0.2) is 59.5 Å². The van der Waals surface area contributed by atoms with Gasteiger partial charge in [-0.2, -0.15) is 0 Å². The summed E-state index contributed by atoms with van der Waals surface area (Å²) in [6.45, 7) is 0.495. The summed E-state index contributed by atoms with van der Waals surface area (Å²) < 4.78 is 0. The molecule has 2 rings (SSSR count). The zero-order valence-electron chi connectivity index (χ0n) is 11.3. The summed E-state index contributed by atoms with van der Waals surface area (Å²) in [4.78, 5) is 23.4. The Bertz CT molecular complexity index is 628. The lowest BCUT2D eigenvalue weighted by molar-refractivity contribution is -0.118. The van der Waals surface area contributed by atoms with Gasteiger partial charge in [-0.3, -0.25) is 4.79 Å². The molecule has 2 N–H and O–H groups in total. The van der Waals surface area contributed by atoms with Gasteiger partial charge in [0.05, 0.1) is 11.3 Å². The lowest BCUT2D eigenvalue weighted by atomic mass is 10.2. The minimum absolute atomic E-state index is 0.0791. The maximum atomic E-state index is 11.8. The van der Waals surface area contributed by atoms with Gasteiger partial charge in [-0.1, -0.05) is 36.4 Å². The van der Waals surface area contributed by atoms with E-state index in [1.54, 1.807) is 18.2 Å². The van der Waals surface area contributed by atoms with Crippen molar-refractivity contribution in [1.29, 1.82) is 0 Å². The van der Waals surface area contributed by atoms with Gasteiger partial charge >= 0.3 is 5.97 Å². The van der Waals surface area contributed by atoms with Crippen molar-refractivity contribution >= 4 is 23.6 Å². The maximum absolute atomic E-state index is 11.8. The molecule has 0 heterocycles. The zero-order valence-corrected chi connectivity index (χ0v) is 12.1. The van der Waals surface area contributed by atoms with Gasteiger partial charge in [-0.15, -0.1) is 11.8 Å². The molecule has 0 aromatic heterocycles. The molecule has 2 aromatic rings. The predicted molar refractivity (Wildman–Crippen MR) is 82.4 cm³/mol. The molecule has 0 fully saturated rings. The Morgan fingerprint density at radius 1 is 1.05 bits per heavy atom. The van der Waals surface area contributed by atoms with Crippen LogP contribution in [0.25, 0.3) is 0 Å². The lowest BCUT2D eigenvalue weighted by Crippen LogP contribution is -2.24.